The number of amides is 3. The molecule has 2 atom stereocenters. The largest absolute Gasteiger partial charge is 0.374 e. The Morgan fingerprint density at radius 2 is 1.61 bits per heavy atom. The first-order valence-corrected chi connectivity index (χ1v) is 11.7. The van der Waals surface area contributed by atoms with E-state index >= 15 is 0 Å². The number of nitrogens with one attached hydrogen (secondary N) is 3. The maximum atomic E-state index is 13.1. The second-order valence-electron chi connectivity index (χ2n) is 9.40. The Morgan fingerprint density at radius 3 is 2.22 bits per heavy atom. The Kier molecular flexibility index (Phi) is 8.97. The lowest BCUT2D eigenvalue weighted by Gasteiger charge is -2.23. The molecular formula is C27H33N5O4. The third-order valence-electron chi connectivity index (χ3n) is 5.46. The van der Waals surface area contributed by atoms with Gasteiger partial charge in [-0.3, -0.25) is 14.4 Å². The first-order chi connectivity index (χ1) is 17.2. The topological polar surface area (TPSA) is 114 Å². The van der Waals surface area contributed by atoms with E-state index in [9.17, 15) is 14.4 Å². The van der Waals surface area contributed by atoms with Gasteiger partial charge in [-0.05, 0) is 11.1 Å². The van der Waals surface area contributed by atoms with Crippen LogP contribution in [-0.4, -0.2) is 47.0 Å². The van der Waals surface area contributed by atoms with Gasteiger partial charge >= 0.3 is 0 Å². The lowest BCUT2D eigenvalue weighted by Crippen LogP contribution is -2.50. The van der Waals surface area contributed by atoms with E-state index in [1.165, 1.54) is 6.33 Å². The van der Waals surface area contributed by atoms with Crippen molar-refractivity contribution in [3.8, 4) is 0 Å². The molecule has 3 amide bonds. The highest BCUT2D eigenvalue weighted by Crippen LogP contribution is 2.20. The number of anilines is 1. The highest BCUT2D eigenvalue weighted by Gasteiger charge is 2.29. The molecule has 1 aromatic heterocycles. The van der Waals surface area contributed by atoms with Crippen molar-refractivity contribution in [1.82, 2.24) is 20.2 Å². The molecule has 1 heterocycles. The molecule has 0 radical (unpaired) electrons. The minimum absolute atomic E-state index is 0.0197. The number of nitrogens with zero attached hydrogens (tertiary/aromatic N) is 2. The Morgan fingerprint density at radius 1 is 0.972 bits per heavy atom. The van der Waals surface area contributed by atoms with Crippen molar-refractivity contribution < 1.29 is 19.1 Å². The van der Waals surface area contributed by atoms with Crippen LogP contribution in [0.15, 0.2) is 73.2 Å². The first kappa shape index (κ1) is 26.6. The first-order valence-electron chi connectivity index (χ1n) is 11.7. The van der Waals surface area contributed by atoms with E-state index in [-0.39, 0.29) is 24.2 Å². The van der Waals surface area contributed by atoms with Gasteiger partial charge in [-0.1, -0.05) is 81.4 Å². The fraction of sp³-hybridized carbons (Fsp3) is 0.333. The quantitative estimate of drug-likeness (QED) is 0.404. The number of carbonyl (C=O) groups is 3. The number of aromatic nitrogens is 2. The number of hydrogen-bond donors (Lipinski definition) is 3. The van der Waals surface area contributed by atoms with E-state index in [0.717, 1.165) is 11.1 Å². The van der Waals surface area contributed by atoms with Crippen LogP contribution in [0.4, 0.5) is 5.82 Å². The molecule has 3 aromatic rings. The molecule has 190 valence electrons. The van der Waals surface area contributed by atoms with Gasteiger partial charge in [-0.2, -0.15) is 0 Å². The van der Waals surface area contributed by atoms with Gasteiger partial charge in [0.25, 0.3) is 5.91 Å². The van der Waals surface area contributed by atoms with Crippen molar-refractivity contribution in [2.75, 3.05) is 19.0 Å². The molecule has 0 fully saturated rings. The zero-order chi connectivity index (χ0) is 26.1. The summed E-state index contributed by atoms with van der Waals surface area (Å²) in [5.74, 6) is -0.716. The van der Waals surface area contributed by atoms with Crippen molar-refractivity contribution in [1.29, 1.82) is 0 Å². The summed E-state index contributed by atoms with van der Waals surface area (Å²) in [5, 5.41) is 8.17. The fourth-order valence-corrected chi connectivity index (χ4v) is 3.41. The average molecular weight is 492 g/mol. The normalized spacial score (nSPS) is 12.9. The van der Waals surface area contributed by atoms with Crippen molar-refractivity contribution >= 4 is 23.5 Å². The highest BCUT2D eigenvalue weighted by atomic mass is 16.5. The van der Waals surface area contributed by atoms with Crippen LogP contribution in [0.1, 0.15) is 37.9 Å². The van der Waals surface area contributed by atoms with E-state index in [4.69, 9.17) is 4.74 Å². The summed E-state index contributed by atoms with van der Waals surface area (Å²) >= 11 is 0. The predicted octanol–water partition coefficient (Wildman–Crippen LogP) is 2.90. The lowest BCUT2D eigenvalue weighted by atomic mass is 9.95. The van der Waals surface area contributed by atoms with Gasteiger partial charge in [0.15, 0.2) is 5.82 Å². The summed E-state index contributed by atoms with van der Waals surface area (Å²) in [5.41, 5.74) is 1.05. The van der Waals surface area contributed by atoms with Crippen molar-refractivity contribution in [2.24, 2.45) is 5.41 Å². The Labute approximate surface area is 211 Å². The number of hydrogen-bond acceptors (Lipinski definition) is 5. The predicted molar refractivity (Wildman–Crippen MR) is 137 cm³/mol. The molecule has 2 unspecified atom stereocenters. The van der Waals surface area contributed by atoms with Crippen molar-refractivity contribution in [3.05, 3.63) is 84.3 Å². The number of carbonyl (C=O) groups excluding carboxylic acids is 3. The van der Waals surface area contributed by atoms with Gasteiger partial charge in [0.1, 0.15) is 12.1 Å². The fourth-order valence-electron chi connectivity index (χ4n) is 3.41. The molecule has 3 rings (SSSR count). The molecular weight excluding hydrogens is 458 g/mol. The summed E-state index contributed by atoms with van der Waals surface area (Å²) in [6, 6.07) is 17.2. The summed E-state index contributed by atoms with van der Waals surface area (Å²) in [7, 11) is 1.57. The summed E-state index contributed by atoms with van der Waals surface area (Å²) in [4.78, 5) is 42.6. The molecule has 9 heteroatoms. The minimum atomic E-state index is -0.936. The number of rotatable bonds is 10. The van der Waals surface area contributed by atoms with Gasteiger partial charge < -0.3 is 25.3 Å². The molecule has 0 spiro atoms. The van der Waals surface area contributed by atoms with Crippen molar-refractivity contribution in [2.45, 2.75) is 39.5 Å². The van der Waals surface area contributed by atoms with Gasteiger partial charge in [0, 0.05) is 18.7 Å². The molecule has 0 saturated carbocycles. The third kappa shape index (κ3) is 7.26. The molecule has 3 N–H and O–H groups in total. The van der Waals surface area contributed by atoms with Crippen molar-refractivity contribution in [3.63, 3.8) is 0 Å². The van der Waals surface area contributed by atoms with Gasteiger partial charge in [-0.25, -0.2) is 4.98 Å². The van der Waals surface area contributed by atoms with Crippen LogP contribution in [0.2, 0.25) is 0 Å². The van der Waals surface area contributed by atoms with Crippen LogP contribution < -0.4 is 16.0 Å². The highest BCUT2D eigenvalue weighted by molar-refractivity contribution is 5.97. The van der Waals surface area contributed by atoms with E-state index in [1.54, 1.807) is 38.6 Å². The number of imidazole rings is 1. The maximum Gasteiger partial charge on any atom is 0.250 e. The van der Waals surface area contributed by atoms with Crippen LogP contribution in [0.3, 0.4) is 0 Å². The van der Waals surface area contributed by atoms with Crippen LogP contribution in [-0.2, 0) is 25.7 Å². The molecule has 0 bridgehead atoms. The van der Waals surface area contributed by atoms with Gasteiger partial charge in [0.05, 0.1) is 19.5 Å². The average Bonchev–Trinajstić information content (AvgIpc) is 3.31. The Bertz CT molecular complexity index is 1160. The summed E-state index contributed by atoms with van der Waals surface area (Å²) in [6.45, 7) is 5.59. The lowest BCUT2D eigenvalue weighted by molar-refractivity contribution is -0.133. The Balaban J connectivity index is 1.73. The molecule has 0 aliphatic heterocycles. The smallest absolute Gasteiger partial charge is 0.250 e. The van der Waals surface area contributed by atoms with Crippen LogP contribution in [0, 0.1) is 5.41 Å². The van der Waals surface area contributed by atoms with Gasteiger partial charge in [0.2, 0.25) is 11.8 Å². The SMILES string of the molecule is CNC(=O)C(c1ccccc1)n1cnc(NC(=O)C(COCc2ccccc2)NC(=O)C(C)(C)C)c1. The molecule has 36 heavy (non-hydrogen) atoms. The van der Waals surface area contributed by atoms with E-state index < -0.39 is 23.4 Å². The molecule has 0 aliphatic rings. The third-order valence-corrected chi connectivity index (χ3v) is 5.46. The van der Waals surface area contributed by atoms with E-state index in [1.807, 2.05) is 60.7 Å². The monoisotopic (exact) mass is 491 g/mol. The number of likely N-dealkylation sites (N-methyl/N-ethyl adjacent to an activating group) is 1. The summed E-state index contributed by atoms with van der Waals surface area (Å²) < 4.78 is 7.37. The Hall–Kier alpha value is -3.98. The molecule has 0 aliphatic carbocycles. The second-order valence-corrected chi connectivity index (χ2v) is 9.40. The molecule has 2 aromatic carbocycles. The van der Waals surface area contributed by atoms with Crippen LogP contribution in [0.25, 0.3) is 0 Å². The summed E-state index contributed by atoms with van der Waals surface area (Å²) in [6.07, 6.45) is 3.06. The minimum Gasteiger partial charge on any atom is -0.374 e. The maximum absolute atomic E-state index is 13.1. The molecule has 0 saturated heterocycles. The van der Waals surface area contributed by atoms with E-state index in [2.05, 4.69) is 20.9 Å². The zero-order valence-corrected chi connectivity index (χ0v) is 21.0. The second kappa shape index (κ2) is 12.1. The molecule has 9 nitrogen and oxygen atoms in total. The number of benzene rings is 2. The zero-order valence-electron chi connectivity index (χ0n) is 21.0. The van der Waals surface area contributed by atoms with Crippen LogP contribution >= 0.6 is 0 Å². The van der Waals surface area contributed by atoms with Gasteiger partial charge in [-0.15, -0.1) is 0 Å². The van der Waals surface area contributed by atoms with Crippen LogP contribution in [0.5, 0.6) is 0 Å². The van der Waals surface area contributed by atoms with E-state index in [0.29, 0.717) is 6.61 Å². The standard InChI is InChI=1S/C27H33N5O4/c1-27(2,3)26(35)30-21(17-36-16-19-11-7-5-8-12-19)24(33)31-22-15-32(18-29-22)23(25(34)28-4)20-13-9-6-10-14-20/h5-15,18,21,23H,16-17H2,1-4H3,(H,28,34)(H,30,35)(H,31,33). The number of ether oxygens (including phenoxy) is 1.